The maximum absolute atomic E-state index is 2.45. The van der Waals surface area contributed by atoms with Crippen LogP contribution < -0.4 is 4.90 Å². The van der Waals surface area contributed by atoms with Gasteiger partial charge in [-0.25, -0.2) is 0 Å². The lowest BCUT2D eigenvalue weighted by Gasteiger charge is -2.27. The fourth-order valence-electron chi connectivity index (χ4n) is 7.32. The van der Waals surface area contributed by atoms with Gasteiger partial charge in [0, 0.05) is 47.0 Å². The second-order valence-electron chi connectivity index (χ2n) is 12.5. The third kappa shape index (κ3) is 4.74. The highest BCUT2D eigenvalue weighted by atomic mass is 32.1. The van der Waals surface area contributed by atoms with E-state index in [2.05, 4.69) is 181 Å². The summed E-state index contributed by atoms with van der Waals surface area (Å²) in [6, 6.07) is 64.5. The Labute approximate surface area is 292 Å². The molecule has 2 aromatic heterocycles. The lowest BCUT2D eigenvalue weighted by Crippen LogP contribution is -2.10. The Morgan fingerprint density at radius 2 is 1.00 bits per heavy atom. The van der Waals surface area contributed by atoms with Crippen LogP contribution in [0.1, 0.15) is 0 Å². The lowest BCUT2D eigenvalue weighted by molar-refractivity contribution is 1.31. The van der Waals surface area contributed by atoms with Crippen LogP contribution in [0.5, 0.6) is 0 Å². The number of anilines is 3. The van der Waals surface area contributed by atoms with Gasteiger partial charge < -0.3 is 4.90 Å². The third-order valence-corrected chi connectivity index (χ3v) is 12.0. The summed E-state index contributed by atoms with van der Waals surface area (Å²) in [6.07, 6.45) is 0. The molecule has 0 N–H and O–H groups in total. The zero-order valence-corrected chi connectivity index (χ0v) is 28.1. The van der Waals surface area contributed by atoms with Crippen LogP contribution in [0.4, 0.5) is 17.1 Å². The van der Waals surface area contributed by atoms with Crippen molar-refractivity contribution in [2.45, 2.75) is 0 Å². The first-order valence-corrected chi connectivity index (χ1v) is 18.2. The van der Waals surface area contributed by atoms with Crippen LogP contribution in [-0.4, -0.2) is 0 Å². The van der Waals surface area contributed by atoms with E-state index in [1.54, 1.807) is 0 Å². The van der Waals surface area contributed by atoms with Gasteiger partial charge in [-0.1, -0.05) is 127 Å². The van der Waals surface area contributed by atoms with Gasteiger partial charge in [0.05, 0.1) is 10.4 Å². The number of rotatable bonds is 5. The van der Waals surface area contributed by atoms with Crippen molar-refractivity contribution in [3.05, 3.63) is 176 Å². The van der Waals surface area contributed by atoms with E-state index < -0.39 is 0 Å². The number of hydrogen-bond donors (Lipinski definition) is 0. The Morgan fingerprint density at radius 3 is 1.86 bits per heavy atom. The zero-order chi connectivity index (χ0) is 32.3. The number of fused-ring (bicyclic) bond motifs is 7. The fourth-order valence-corrected chi connectivity index (χ4v) is 9.68. The van der Waals surface area contributed by atoms with E-state index in [0.717, 1.165) is 11.4 Å². The summed E-state index contributed by atoms with van der Waals surface area (Å²) in [5, 5.41) is 7.71. The van der Waals surface area contributed by atoms with Crippen molar-refractivity contribution in [3.63, 3.8) is 0 Å². The molecule has 3 heteroatoms. The average Bonchev–Trinajstić information content (AvgIpc) is 3.74. The largest absolute Gasteiger partial charge is 0.309 e. The van der Waals surface area contributed by atoms with Crippen LogP contribution in [-0.2, 0) is 0 Å². The molecule has 230 valence electrons. The molecule has 0 aliphatic rings. The summed E-state index contributed by atoms with van der Waals surface area (Å²) in [4.78, 5) is 2.45. The van der Waals surface area contributed by atoms with Crippen molar-refractivity contribution in [1.82, 2.24) is 0 Å². The summed E-state index contributed by atoms with van der Waals surface area (Å²) in [6.45, 7) is 0. The van der Waals surface area contributed by atoms with Crippen LogP contribution in [0.3, 0.4) is 0 Å². The lowest BCUT2D eigenvalue weighted by atomic mass is 9.93. The van der Waals surface area contributed by atoms with Gasteiger partial charge in [-0.15, -0.1) is 22.7 Å². The van der Waals surface area contributed by atoms with Crippen molar-refractivity contribution in [2.75, 3.05) is 4.90 Å². The number of nitrogens with zero attached hydrogens (tertiary/aromatic N) is 1. The van der Waals surface area contributed by atoms with Crippen LogP contribution >= 0.6 is 22.7 Å². The highest BCUT2D eigenvalue weighted by molar-refractivity contribution is 7.26. The third-order valence-electron chi connectivity index (χ3n) is 9.65. The van der Waals surface area contributed by atoms with Gasteiger partial charge in [0.15, 0.2) is 0 Å². The van der Waals surface area contributed by atoms with Gasteiger partial charge >= 0.3 is 0 Å². The van der Waals surface area contributed by atoms with Crippen molar-refractivity contribution in [3.8, 4) is 22.3 Å². The smallest absolute Gasteiger partial charge is 0.0640 e. The molecule has 8 aromatic carbocycles. The molecule has 0 aliphatic heterocycles. The minimum Gasteiger partial charge on any atom is -0.309 e. The quantitative estimate of drug-likeness (QED) is 0.178. The van der Waals surface area contributed by atoms with E-state index in [1.165, 1.54) is 79.1 Å². The Hall–Kier alpha value is -5.74. The molecule has 10 rings (SSSR count). The number of benzene rings is 8. The zero-order valence-electron chi connectivity index (χ0n) is 26.5. The van der Waals surface area contributed by atoms with Gasteiger partial charge in [0.1, 0.15) is 0 Å². The Kier molecular flexibility index (Phi) is 6.61. The molecule has 0 bridgehead atoms. The summed E-state index contributed by atoms with van der Waals surface area (Å²) >= 11 is 3.74. The highest BCUT2D eigenvalue weighted by Gasteiger charge is 2.20. The van der Waals surface area contributed by atoms with Gasteiger partial charge in [-0.3, -0.25) is 0 Å². The SMILES string of the molecule is c1ccc(-c2cc(N(c3ccc4ccccc4c3)c3cccc4c3sc3ccccc34)ccc2-c2ccc3c(c2)sc2ccccc23)cc1. The molecule has 0 spiro atoms. The van der Waals surface area contributed by atoms with Crippen LogP contribution in [0, 0.1) is 0 Å². The molecule has 1 nitrogen and oxygen atoms in total. The van der Waals surface area contributed by atoms with Gasteiger partial charge in [-0.2, -0.15) is 0 Å². The van der Waals surface area contributed by atoms with Gasteiger partial charge in [0.2, 0.25) is 0 Å². The van der Waals surface area contributed by atoms with E-state index in [-0.39, 0.29) is 0 Å². The minimum absolute atomic E-state index is 1.13. The monoisotopic (exact) mass is 659 g/mol. The standard InChI is InChI=1S/C46H29NS2/c1-2-12-31(13-3-1)41-29-35(24-26-36(41)33-22-25-39-37-15-6-8-19-43(37)48-45(39)28-33)47(34-23-21-30-11-4-5-14-32(30)27-34)42-18-10-17-40-38-16-7-9-20-44(38)49-46(40)42/h1-29H. The van der Waals surface area contributed by atoms with Gasteiger partial charge in [0.25, 0.3) is 0 Å². The Balaban J connectivity index is 1.22. The molecule has 10 aromatic rings. The van der Waals surface area contributed by atoms with Crippen LogP contribution in [0.15, 0.2) is 176 Å². The average molecular weight is 660 g/mol. The van der Waals surface area contributed by atoms with Crippen molar-refractivity contribution >= 4 is 90.9 Å². The summed E-state index contributed by atoms with van der Waals surface area (Å²) in [5.74, 6) is 0. The normalized spacial score (nSPS) is 11.7. The first-order chi connectivity index (χ1) is 24.3. The molecule has 0 aliphatic carbocycles. The molecule has 0 saturated heterocycles. The topological polar surface area (TPSA) is 3.24 Å². The predicted octanol–water partition coefficient (Wildman–Crippen LogP) is 14.4. The minimum atomic E-state index is 1.13. The Bertz CT molecular complexity index is 2840. The molecule has 0 unspecified atom stereocenters. The molecular weight excluding hydrogens is 631 g/mol. The van der Waals surface area contributed by atoms with Crippen LogP contribution in [0.25, 0.3) is 73.4 Å². The molecular formula is C46H29NS2. The second-order valence-corrected chi connectivity index (χ2v) is 14.7. The van der Waals surface area contributed by atoms with E-state index in [1.807, 2.05) is 22.7 Å². The molecule has 0 saturated carbocycles. The molecule has 0 radical (unpaired) electrons. The molecule has 2 heterocycles. The summed E-state index contributed by atoms with van der Waals surface area (Å²) < 4.78 is 5.24. The first kappa shape index (κ1) is 28.3. The van der Waals surface area contributed by atoms with E-state index in [0.29, 0.717) is 0 Å². The summed E-state index contributed by atoms with van der Waals surface area (Å²) in [7, 11) is 0. The van der Waals surface area contributed by atoms with E-state index in [9.17, 15) is 0 Å². The van der Waals surface area contributed by atoms with Crippen molar-refractivity contribution in [2.24, 2.45) is 0 Å². The van der Waals surface area contributed by atoms with Crippen LogP contribution in [0.2, 0.25) is 0 Å². The highest BCUT2D eigenvalue weighted by Crippen LogP contribution is 2.47. The van der Waals surface area contributed by atoms with Crippen molar-refractivity contribution in [1.29, 1.82) is 0 Å². The van der Waals surface area contributed by atoms with Gasteiger partial charge in [-0.05, 0) is 81.6 Å². The van der Waals surface area contributed by atoms with E-state index >= 15 is 0 Å². The maximum atomic E-state index is 2.45. The summed E-state index contributed by atoms with van der Waals surface area (Å²) in [5.41, 5.74) is 8.34. The van der Waals surface area contributed by atoms with Crippen molar-refractivity contribution < 1.29 is 0 Å². The molecule has 0 atom stereocenters. The molecule has 49 heavy (non-hydrogen) atoms. The van der Waals surface area contributed by atoms with E-state index in [4.69, 9.17) is 0 Å². The maximum Gasteiger partial charge on any atom is 0.0640 e. The first-order valence-electron chi connectivity index (χ1n) is 16.6. The number of hydrogen-bond acceptors (Lipinski definition) is 3. The predicted molar refractivity (Wildman–Crippen MR) is 215 cm³/mol. The molecule has 0 amide bonds. The second kappa shape index (κ2) is 11.5. The Morgan fingerprint density at radius 1 is 0.347 bits per heavy atom. The fraction of sp³-hybridized carbons (Fsp3) is 0. The number of thiophene rings is 2. The molecule has 0 fully saturated rings.